The predicted molar refractivity (Wildman–Crippen MR) is 36.3 cm³/mol. The molecule has 0 saturated heterocycles. The van der Waals surface area contributed by atoms with Crippen molar-refractivity contribution in [2.75, 3.05) is 0 Å². The van der Waals surface area contributed by atoms with Gasteiger partial charge in [0.25, 0.3) is 0 Å². The molecule has 0 unspecified atom stereocenters. The standard InChI is InChI=1S/C4H5BrN4/c5-9-2-1-7-3-4(9)8-6/h1-3H,6H2/b8-4+. The molecule has 0 radical (unpaired) electrons. The molecule has 0 aromatic carbocycles. The molecule has 0 spiro atoms. The van der Waals surface area contributed by atoms with Crippen LogP contribution in [0, 0.1) is 0 Å². The lowest BCUT2D eigenvalue weighted by Crippen LogP contribution is -2.15. The zero-order valence-corrected chi connectivity index (χ0v) is 6.12. The van der Waals surface area contributed by atoms with E-state index in [1.807, 2.05) is 0 Å². The van der Waals surface area contributed by atoms with E-state index in [1.54, 1.807) is 22.2 Å². The van der Waals surface area contributed by atoms with E-state index in [1.165, 1.54) is 0 Å². The first-order chi connectivity index (χ1) is 4.34. The molecule has 0 atom stereocenters. The third kappa shape index (κ3) is 1.29. The topological polar surface area (TPSA) is 56.2 Å². The summed E-state index contributed by atoms with van der Waals surface area (Å²) < 4.78 is 1.60. The number of hydrogen-bond acceptors (Lipinski definition) is 3. The molecule has 1 heterocycles. The molecule has 0 aliphatic heterocycles. The third-order valence-corrected chi connectivity index (χ3v) is 1.42. The summed E-state index contributed by atoms with van der Waals surface area (Å²) in [7, 11) is 0. The molecule has 48 valence electrons. The molecule has 1 aromatic heterocycles. The summed E-state index contributed by atoms with van der Waals surface area (Å²) in [5.74, 6) is 4.98. The lowest BCUT2D eigenvalue weighted by Gasteiger charge is -1.90. The summed E-state index contributed by atoms with van der Waals surface area (Å²) in [6, 6.07) is 0. The first-order valence-corrected chi connectivity index (χ1v) is 2.98. The monoisotopic (exact) mass is 188 g/mol. The fourth-order valence-electron chi connectivity index (χ4n) is 0.427. The molecule has 1 aromatic rings. The molecule has 0 aliphatic rings. The van der Waals surface area contributed by atoms with Crippen molar-refractivity contribution in [3.05, 3.63) is 24.1 Å². The second-order valence-corrected chi connectivity index (χ2v) is 2.14. The van der Waals surface area contributed by atoms with E-state index in [2.05, 4.69) is 26.2 Å². The fraction of sp³-hybridized carbons (Fsp3) is 0. The van der Waals surface area contributed by atoms with Crippen molar-refractivity contribution in [3.8, 4) is 0 Å². The Balaban J connectivity index is 3.33. The van der Waals surface area contributed by atoms with Gasteiger partial charge in [-0.2, -0.15) is 5.10 Å². The first-order valence-electron chi connectivity index (χ1n) is 2.27. The van der Waals surface area contributed by atoms with Crippen LogP contribution in [0.3, 0.4) is 0 Å². The van der Waals surface area contributed by atoms with Crippen LogP contribution in [0.5, 0.6) is 0 Å². The number of rotatable bonds is 0. The van der Waals surface area contributed by atoms with Gasteiger partial charge in [-0.1, -0.05) is 0 Å². The van der Waals surface area contributed by atoms with Gasteiger partial charge in [0.2, 0.25) is 0 Å². The van der Waals surface area contributed by atoms with Gasteiger partial charge >= 0.3 is 0 Å². The molecule has 0 saturated carbocycles. The molecule has 2 N–H and O–H groups in total. The number of nitrogens with two attached hydrogens (primary N) is 1. The minimum Gasteiger partial charge on any atom is -0.321 e. The van der Waals surface area contributed by atoms with Gasteiger partial charge in [0.1, 0.15) is 0 Å². The van der Waals surface area contributed by atoms with E-state index in [0.717, 1.165) is 0 Å². The summed E-state index contributed by atoms with van der Waals surface area (Å²) in [6.07, 6.45) is 4.88. The van der Waals surface area contributed by atoms with Crippen molar-refractivity contribution in [2.45, 2.75) is 0 Å². The Hall–Kier alpha value is -0.840. The Morgan fingerprint density at radius 3 is 3.00 bits per heavy atom. The molecule has 0 fully saturated rings. The van der Waals surface area contributed by atoms with Crippen LogP contribution >= 0.6 is 16.1 Å². The van der Waals surface area contributed by atoms with E-state index in [4.69, 9.17) is 5.84 Å². The lowest BCUT2D eigenvalue weighted by molar-refractivity contribution is 0.982. The number of halogens is 1. The van der Waals surface area contributed by atoms with Gasteiger partial charge in [-0.15, -0.1) is 0 Å². The number of aromatic nitrogens is 2. The van der Waals surface area contributed by atoms with E-state index in [9.17, 15) is 0 Å². The minimum absolute atomic E-state index is 0.581. The van der Waals surface area contributed by atoms with E-state index in [0.29, 0.717) is 5.49 Å². The van der Waals surface area contributed by atoms with Gasteiger partial charge in [-0.05, 0) is 0 Å². The van der Waals surface area contributed by atoms with Crippen molar-refractivity contribution >= 4 is 16.1 Å². The van der Waals surface area contributed by atoms with Crippen LogP contribution in [0.2, 0.25) is 0 Å². The smallest absolute Gasteiger partial charge is 0.180 e. The molecule has 0 amide bonds. The maximum absolute atomic E-state index is 4.98. The van der Waals surface area contributed by atoms with Crippen molar-refractivity contribution in [1.82, 2.24) is 8.58 Å². The maximum Gasteiger partial charge on any atom is 0.180 e. The average Bonchev–Trinajstić information content (AvgIpc) is 1.89. The van der Waals surface area contributed by atoms with Crippen molar-refractivity contribution in [3.63, 3.8) is 0 Å². The quantitative estimate of drug-likeness (QED) is 0.454. The highest BCUT2D eigenvalue weighted by molar-refractivity contribution is 9.08. The molecular weight excluding hydrogens is 184 g/mol. The molecule has 5 heteroatoms. The lowest BCUT2D eigenvalue weighted by atomic mass is 10.7. The average molecular weight is 189 g/mol. The van der Waals surface area contributed by atoms with E-state index < -0.39 is 0 Å². The van der Waals surface area contributed by atoms with Gasteiger partial charge in [0, 0.05) is 12.4 Å². The highest BCUT2D eigenvalue weighted by Gasteiger charge is 1.82. The zero-order valence-electron chi connectivity index (χ0n) is 4.53. The van der Waals surface area contributed by atoms with E-state index in [-0.39, 0.29) is 0 Å². The summed E-state index contributed by atoms with van der Waals surface area (Å²) in [5, 5.41) is 3.42. The van der Waals surface area contributed by atoms with Gasteiger partial charge in [0.15, 0.2) is 5.49 Å². The molecule has 4 nitrogen and oxygen atoms in total. The molecule has 0 aliphatic carbocycles. The van der Waals surface area contributed by atoms with E-state index >= 15 is 0 Å². The Morgan fingerprint density at radius 1 is 1.78 bits per heavy atom. The largest absolute Gasteiger partial charge is 0.321 e. The number of nitrogens with zero attached hydrogens (tertiary/aromatic N) is 3. The highest BCUT2D eigenvalue weighted by Crippen LogP contribution is 1.81. The Labute approximate surface area is 60.4 Å². The maximum atomic E-state index is 4.98. The summed E-state index contributed by atoms with van der Waals surface area (Å²) >= 11 is 3.16. The van der Waals surface area contributed by atoms with Crippen LogP contribution in [-0.4, -0.2) is 8.58 Å². The van der Waals surface area contributed by atoms with Crippen molar-refractivity contribution in [1.29, 1.82) is 0 Å². The third-order valence-electron chi connectivity index (χ3n) is 0.825. The van der Waals surface area contributed by atoms with Gasteiger partial charge in [-0.25, -0.2) is 0 Å². The molecule has 9 heavy (non-hydrogen) atoms. The normalized spacial score (nSPS) is 11.9. The highest BCUT2D eigenvalue weighted by atomic mass is 79.9. The summed E-state index contributed by atoms with van der Waals surface area (Å²) in [5.41, 5.74) is 0.581. The Bertz CT molecular complexity index is 253. The Morgan fingerprint density at radius 2 is 2.56 bits per heavy atom. The van der Waals surface area contributed by atoms with Crippen LogP contribution in [0.25, 0.3) is 0 Å². The molecule has 1 rings (SSSR count). The van der Waals surface area contributed by atoms with Crippen LogP contribution in [0.4, 0.5) is 0 Å². The minimum atomic E-state index is 0.581. The van der Waals surface area contributed by atoms with Gasteiger partial charge in [0.05, 0.1) is 22.3 Å². The van der Waals surface area contributed by atoms with Crippen LogP contribution in [0.1, 0.15) is 0 Å². The SMILES string of the molecule is N/N=c1\cnccn1Br. The van der Waals surface area contributed by atoms with Crippen molar-refractivity contribution in [2.24, 2.45) is 10.9 Å². The molecule has 0 bridgehead atoms. The predicted octanol–water partition coefficient (Wildman–Crippen LogP) is -0.185. The van der Waals surface area contributed by atoms with Crippen LogP contribution in [0.15, 0.2) is 23.7 Å². The van der Waals surface area contributed by atoms with Crippen molar-refractivity contribution < 1.29 is 0 Å². The van der Waals surface area contributed by atoms with Gasteiger partial charge in [-0.3, -0.25) is 8.58 Å². The fourth-order valence-corrected chi connectivity index (χ4v) is 0.716. The summed E-state index contributed by atoms with van der Waals surface area (Å²) in [6.45, 7) is 0. The van der Waals surface area contributed by atoms with Crippen LogP contribution < -0.4 is 11.3 Å². The second kappa shape index (κ2) is 2.63. The van der Waals surface area contributed by atoms with Gasteiger partial charge < -0.3 is 5.84 Å². The summed E-state index contributed by atoms with van der Waals surface area (Å²) in [4.78, 5) is 3.79. The number of hydrogen-bond donors (Lipinski definition) is 1. The molecular formula is C4H5BrN4. The zero-order chi connectivity index (χ0) is 6.69. The van der Waals surface area contributed by atoms with Crippen LogP contribution in [-0.2, 0) is 0 Å². The Kier molecular flexibility index (Phi) is 1.84. The first kappa shape index (κ1) is 6.28. The second-order valence-electron chi connectivity index (χ2n) is 1.37.